The van der Waals surface area contributed by atoms with Gasteiger partial charge in [0.05, 0.1) is 22.6 Å². The summed E-state index contributed by atoms with van der Waals surface area (Å²) < 4.78 is 44.2. The molecule has 10 nitrogen and oxygen atoms in total. The first kappa shape index (κ1) is 22.5. The standard InChI is InChI=1S/C21H14ClF3N8O2/c1-9(30-20(34)17-15(22)16(28-8-29-17)19-26-4-5-27-19)12-7-14(35-33-12)18-31-11-3-2-10(21(23,24)25)6-13(11)32-18/h2-9H,1H3,(H,26,27)(H,30,34)(H,31,32)/t9-/m1/s1. The first-order valence-corrected chi connectivity index (χ1v) is 10.4. The van der Waals surface area contributed by atoms with Crippen LogP contribution in [-0.2, 0) is 6.18 Å². The van der Waals surface area contributed by atoms with Gasteiger partial charge in [0.15, 0.2) is 17.3 Å². The number of hydrogen-bond acceptors (Lipinski definition) is 7. The van der Waals surface area contributed by atoms with E-state index in [-0.39, 0.29) is 33.5 Å². The number of imidazole rings is 2. The Morgan fingerprint density at radius 3 is 2.74 bits per heavy atom. The Bertz CT molecular complexity index is 1530. The molecular formula is C21H14ClF3N8O2. The molecule has 0 aliphatic heterocycles. The molecule has 0 radical (unpaired) electrons. The Morgan fingerprint density at radius 2 is 2.00 bits per heavy atom. The molecule has 1 amide bonds. The number of H-pyrrole nitrogens is 2. The van der Waals surface area contributed by atoms with Crippen molar-refractivity contribution in [2.75, 3.05) is 0 Å². The molecule has 35 heavy (non-hydrogen) atoms. The van der Waals surface area contributed by atoms with Crippen LogP contribution in [0.1, 0.15) is 34.7 Å². The van der Waals surface area contributed by atoms with Crippen molar-refractivity contribution in [1.82, 2.24) is 40.4 Å². The van der Waals surface area contributed by atoms with Crippen LogP contribution in [0.15, 0.2) is 47.5 Å². The van der Waals surface area contributed by atoms with Crippen LogP contribution in [0.25, 0.3) is 34.1 Å². The molecule has 0 saturated carbocycles. The van der Waals surface area contributed by atoms with E-state index in [1.165, 1.54) is 24.7 Å². The van der Waals surface area contributed by atoms with Crippen LogP contribution in [-0.4, -0.2) is 41.0 Å². The number of carbonyl (C=O) groups excluding carboxylic acids is 1. The first-order valence-electron chi connectivity index (χ1n) is 10.1. The van der Waals surface area contributed by atoms with Crippen LogP contribution in [0.3, 0.4) is 0 Å². The average molecular weight is 503 g/mol. The zero-order valence-electron chi connectivity index (χ0n) is 17.7. The zero-order valence-corrected chi connectivity index (χ0v) is 18.4. The molecule has 0 aliphatic carbocycles. The third-order valence-electron chi connectivity index (χ3n) is 5.09. The fraction of sp³-hybridized carbons (Fsp3) is 0.143. The van der Waals surface area contributed by atoms with Gasteiger partial charge in [-0.15, -0.1) is 0 Å². The third kappa shape index (κ3) is 4.33. The summed E-state index contributed by atoms with van der Waals surface area (Å²) in [4.78, 5) is 34.8. The van der Waals surface area contributed by atoms with E-state index in [1.54, 1.807) is 13.1 Å². The Labute approximate surface area is 199 Å². The Balaban J connectivity index is 1.35. The second-order valence-corrected chi connectivity index (χ2v) is 7.83. The quantitative estimate of drug-likeness (QED) is 0.320. The zero-order chi connectivity index (χ0) is 24.7. The molecule has 0 fully saturated rings. The van der Waals surface area contributed by atoms with Gasteiger partial charge in [0, 0.05) is 18.5 Å². The molecule has 0 unspecified atom stereocenters. The van der Waals surface area contributed by atoms with Crippen LogP contribution in [0.5, 0.6) is 0 Å². The molecule has 4 heterocycles. The number of amides is 1. The minimum Gasteiger partial charge on any atom is -0.353 e. The van der Waals surface area contributed by atoms with Crippen molar-refractivity contribution in [2.24, 2.45) is 0 Å². The highest BCUT2D eigenvalue weighted by atomic mass is 35.5. The van der Waals surface area contributed by atoms with E-state index in [4.69, 9.17) is 16.1 Å². The lowest BCUT2D eigenvalue weighted by Gasteiger charge is -2.11. The fourth-order valence-corrected chi connectivity index (χ4v) is 3.61. The number of carbonyl (C=O) groups is 1. The highest BCUT2D eigenvalue weighted by molar-refractivity contribution is 6.35. The number of halogens is 4. The summed E-state index contributed by atoms with van der Waals surface area (Å²) in [6.45, 7) is 1.66. The summed E-state index contributed by atoms with van der Waals surface area (Å²) in [7, 11) is 0. The normalized spacial score (nSPS) is 12.7. The van der Waals surface area contributed by atoms with Crippen molar-refractivity contribution in [1.29, 1.82) is 0 Å². The van der Waals surface area contributed by atoms with Gasteiger partial charge < -0.3 is 19.8 Å². The van der Waals surface area contributed by atoms with E-state index in [0.717, 1.165) is 12.1 Å². The maximum atomic E-state index is 13.0. The monoisotopic (exact) mass is 502 g/mol. The highest BCUT2D eigenvalue weighted by Gasteiger charge is 2.31. The number of rotatable bonds is 5. The second kappa shape index (κ2) is 8.51. The van der Waals surface area contributed by atoms with Crippen LogP contribution in [0, 0.1) is 0 Å². The smallest absolute Gasteiger partial charge is 0.353 e. The predicted molar refractivity (Wildman–Crippen MR) is 117 cm³/mol. The molecule has 0 bridgehead atoms. The van der Waals surface area contributed by atoms with Crippen molar-refractivity contribution in [3.8, 4) is 23.1 Å². The van der Waals surface area contributed by atoms with Gasteiger partial charge in [-0.2, -0.15) is 13.2 Å². The lowest BCUT2D eigenvalue weighted by atomic mass is 10.2. The lowest BCUT2D eigenvalue weighted by molar-refractivity contribution is -0.137. The summed E-state index contributed by atoms with van der Waals surface area (Å²) in [6.07, 6.45) is -0.162. The number of aromatic nitrogens is 7. The molecule has 1 atom stereocenters. The maximum Gasteiger partial charge on any atom is 0.416 e. The summed E-state index contributed by atoms with van der Waals surface area (Å²) in [5.41, 5.74) is 0.292. The van der Waals surface area contributed by atoms with Gasteiger partial charge in [-0.25, -0.2) is 19.9 Å². The topological polar surface area (TPSA) is 138 Å². The van der Waals surface area contributed by atoms with Gasteiger partial charge in [0.25, 0.3) is 5.91 Å². The van der Waals surface area contributed by atoms with E-state index < -0.39 is 23.7 Å². The van der Waals surface area contributed by atoms with Gasteiger partial charge in [-0.1, -0.05) is 16.8 Å². The summed E-state index contributed by atoms with van der Waals surface area (Å²) in [6, 6.07) is 4.07. The van der Waals surface area contributed by atoms with Gasteiger partial charge in [0.2, 0.25) is 5.76 Å². The SMILES string of the molecule is C[C@@H](NC(=O)c1ncnc(-c2ncc[nH]2)c1Cl)c1cc(-c2nc3ccc(C(F)(F)F)cc3[nH]2)on1. The van der Waals surface area contributed by atoms with Crippen molar-refractivity contribution < 1.29 is 22.5 Å². The maximum absolute atomic E-state index is 13.0. The number of nitrogens with one attached hydrogen (secondary N) is 3. The van der Waals surface area contributed by atoms with Crippen molar-refractivity contribution >= 4 is 28.5 Å². The number of alkyl halides is 3. The average Bonchev–Trinajstić information content (AvgIpc) is 3.58. The van der Waals surface area contributed by atoms with Crippen LogP contribution < -0.4 is 5.32 Å². The summed E-state index contributed by atoms with van der Waals surface area (Å²) in [5, 5.41) is 6.68. The number of hydrogen-bond donors (Lipinski definition) is 3. The molecule has 0 spiro atoms. The van der Waals surface area contributed by atoms with Gasteiger partial charge in [-0.05, 0) is 25.1 Å². The van der Waals surface area contributed by atoms with E-state index in [2.05, 4.69) is 40.4 Å². The largest absolute Gasteiger partial charge is 0.416 e. The van der Waals surface area contributed by atoms with Crippen molar-refractivity contribution in [3.05, 3.63) is 65.0 Å². The minimum absolute atomic E-state index is 0.0218. The number of nitrogens with zero attached hydrogens (tertiary/aromatic N) is 5. The van der Waals surface area contributed by atoms with Crippen LogP contribution >= 0.6 is 11.6 Å². The van der Waals surface area contributed by atoms with Gasteiger partial charge in [0.1, 0.15) is 22.7 Å². The minimum atomic E-state index is -4.47. The molecule has 178 valence electrons. The molecule has 0 aliphatic rings. The molecule has 14 heteroatoms. The Morgan fingerprint density at radius 1 is 1.17 bits per heavy atom. The number of fused-ring (bicyclic) bond motifs is 1. The van der Waals surface area contributed by atoms with E-state index in [1.807, 2.05) is 0 Å². The summed E-state index contributed by atoms with van der Waals surface area (Å²) in [5.74, 6) is 0.184. The lowest BCUT2D eigenvalue weighted by Crippen LogP contribution is -2.28. The molecule has 3 N–H and O–H groups in total. The Kier molecular flexibility index (Phi) is 5.47. The number of aromatic amines is 2. The highest BCUT2D eigenvalue weighted by Crippen LogP contribution is 2.32. The van der Waals surface area contributed by atoms with E-state index >= 15 is 0 Å². The van der Waals surface area contributed by atoms with Gasteiger partial charge in [-0.3, -0.25) is 4.79 Å². The van der Waals surface area contributed by atoms with Crippen LogP contribution in [0.2, 0.25) is 5.02 Å². The molecular weight excluding hydrogens is 489 g/mol. The van der Waals surface area contributed by atoms with Crippen LogP contribution in [0.4, 0.5) is 13.2 Å². The Hall–Kier alpha value is -4.26. The van der Waals surface area contributed by atoms with Crippen molar-refractivity contribution in [3.63, 3.8) is 0 Å². The summed E-state index contributed by atoms with van der Waals surface area (Å²) >= 11 is 6.32. The molecule has 5 rings (SSSR count). The second-order valence-electron chi connectivity index (χ2n) is 7.45. The predicted octanol–water partition coefficient (Wildman–Crippen LogP) is 4.56. The molecule has 5 aromatic rings. The van der Waals surface area contributed by atoms with E-state index in [9.17, 15) is 18.0 Å². The van der Waals surface area contributed by atoms with Gasteiger partial charge >= 0.3 is 6.18 Å². The first-order chi connectivity index (χ1) is 16.7. The van der Waals surface area contributed by atoms with Crippen molar-refractivity contribution in [2.45, 2.75) is 19.1 Å². The fourth-order valence-electron chi connectivity index (χ4n) is 3.33. The van der Waals surface area contributed by atoms with E-state index in [0.29, 0.717) is 17.0 Å². The molecule has 0 saturated heterocycles. The molecule has 1 aromatic carbocycles. The number of benzene rings is 1. The third-order valence-corrected chi connectivity index (χ3v) is 5.45. The molecule has 4 aromatic heterocycles.